The number of hydrogen-bond acceptors (Lipinski definition) is 1. The predicted octanol–water partition coefficient (Wildman–Crippen LogP) is 4.26. The molecule has 0 amide bonds. The normalized spacial score (nSPS) is 23.2. The van der Waals surface area contributed by atoms with Crippen LogP contribution in [0, 0.1) is 0 Å². The zero-order chi connectivity index (χ0) is 15.0. The number of fused-ring (bicyclic) bond motifs is 1. The van der Waals surface area contributed by atoms with Gasteiger partial charge in [-0.3, -0.25) is 0 Å². The molecule has 0 aromatic heterocycles. The van der Waals surface area contributed by atoms with Gasteiger partial charge in [-0.15, -0.1) is 0 Å². The highest BCUT2D eigenvalue weighted by molar-refractivity contribution is 5.49. The average molecular weight is 286 g/mol. The summed E-state index contributed by atoms with van der Waals surface area (Å²) in [6, 6.07) is 28.8. The van der Waals surface area contributed by atoms with Crippen LogP contribution in [0.5, 0.6) is 0 Å². The molecule has 0 aliphatic heterocycles. The molecule has 1 nitrogen and oxygen atoms in total. The molecule has 4 rings (SSSR count). The van der Waals surface area contributed by atoms with Crippen LogP contribution in [0.25, 0.3) is 0 Å². The summed E-state index contributed by atoms with van der Waals surface area (Å²) in [6.45, 7) is 0. The number of aliphatic hydroxyl groups is 1. The Morgan fingerprint density at radius 1 is 0.727 bits per heavy atom. The molecule has 0 bridgehead atoms. The monoisotopic (exact) mass is 286 g/mol. The van der Waals surface area contributed by atoms with Crippen molar-refractivity contribution in [3.8, 4) is 0 Å². The maximum absolute atomic E-state index is 11.6. The van der Waals surface area contributed by atoms with E-state index < -0.39 is 5.60 Å². The molecule has 1 heteroatoms. The molecular formula is C21H18O. The minimum absolute atomic E-state index is 0.0210. The Bertz CT molecular complexity index is 779. The fourth-order valence-corrected chi connectivity index (χ4v) is 3.72. The number of hydrogen-bond donors (Lipinski definition) is 1. The van der Waals surface area contributed by atoms with Gasteiger partial charge >= 0.3 is 0 Å². The van der Waals surface area contributed by atoms with Crippen molar-refractivity contribution >= 4 is 0 Å². The summed E-state index contributed by atoms with van der Waals surface area (Å²) in [5, 5.41) is 11.6. The van der Waals surface area contributed by atoms with Crippen LogP contribution in [-0.4, -0.2) is 5.11 Å². The minimum Gasteiger partial charge on any atom is -0.384 e. The summed E-state index contributed by atoms with van der Waals surface area (Å²) >= 11 is 0. The molecule has 0 saturated carbocycles. The molecule has 0 unspecified atom stereocenters. The van der Waals surface area contributed by atoms with E-state index in [9.17, 15) is 5.11 Å². The van der Waals surface area contributed by atoms with Crippen molar-refractivity contribution in [3.05, 3.63) is 107 Å². The van der Waals surface area contributed by atoms with E-state index in [1.54, 1.807) is 0 Å². The van der Waals surface area contributed by atoms with Crippen LogP contribution in [-0.2, 0) is 12.0 Å². The summed E-state index contributed by atoms with van der Waals surface area (Å²) in [5.74, 6) is -0.0210. The Labute approximate surface area is 130 Å². The summed E-state index contributed by atoms with van der Waals surface area (Å²) < 4.78 is 0. The summed E-state index contributed by atoms with van der Waals surface area (Å²) in [7, 11) is 0. The molecule has 22 heavy (non-hydrogen) atoms. The van der Waals surface area contributed by atoms with Gasteiger partial charge in [0.05, 0.1) is 0 Å². The zero-order valence-electron chi connectivity index (χ0n) is 12.3. The summed E-state index contributed by atoms with van der Waals surface area (Å²) in [4.78, 5) is 0. The third-order valence-corrected chi connectivity index (χ3v) is 4.71. The van der Waals surface area contributed by atoms with E-state index in [0.717, 1.165) is 5.56 Å². The lowest BCUT2D eigenvalue weighted by atomic mass is 9.78. The molecule has 108 valence electrons. The van der Waals surface area contributed by atoms with Crippen molar-refractivity contribution in [2.75, 3.05) is 0 Å². The van der Waals surface area contributed by atoms with Crippen LogP contribution in [0.3, 0.4) is 0 Å². The highest BCUT2D eigenvalue weighted by atomic mass is 16.3. The molecule has 0 saturated heterocycles. The molecule has 1 aliphatic carbocycles. The Balaban J connectivity index is 1.93. The smallest absolute Gasteiger partial charge is 0.104 e. The summed E-state index contributed by atoms with van der Waals surface area (Å²) in [6.07, 6.45) is 0.659. The quantitative estimate of drug-likeness (QED) is 0.746. The third-order valence-electron chi connectivity index (χ3n) is 4.71. The molecule has 0 radical (unpaired) electrons. The van der Waals surface area contributed by atoms with Crippen molar-refractivity contribution in [1.29, 1.82) is 0 Å². The van der Waals surface area contributed by atoms with Crippen LogP contribution in [0.4, 0.5) is 0 Å². The van der Waals surface area contributed by atoms with Gasteiger partial charge in [-0.05, 0) is 22.3 Å². The maximum Gasteiger partial charge on any atom is 0.104 e. The molecule has 1 aliphatic rings. The van der Waals surface area contributed by atoms with E-state index in [4.69, 9.17) is 0 Å². The van der Waals surface area contributed by atoms with Gasteiger partial charge in [0, 0.05) is 12.3 Å². The molecule has 3 aromatic rings. The largest absolute Gasteiger partial charge is 0.384 e. The van der Waals surface area contributed by atoms with Crippen molar-refractivity contribution in [2.24, 2.45) is 0 Å². The molecule has 2 atom stereocenters. The van der Waals surface area contributed by atoms with Gasteiger partial charge in [0.2, 0.25) is 0 Å². The zero-order valence-corrected chi connectivity index (χ0v) is 12.3. The van der Waals surface area contributed by atoms with Gasteiger partial charge in [0.25, 0.3) is 0 Å². The standard InChI is InChI=1S/C21H18O/c22-21(18-12-5-2-6-13-18)15-17-11-7-8-14-19(17)20(21)16-9-3-1-4-10-16/h1-14,20,22H,15H2/t20-,21+/m0/s1. The van der Waals surface area contributed by atoms with Crippen molar-refractivity contribution in [1.82, 2.24) is 0 Å². The van der Waals surface area contributed by atoms with E-state index in [2.05, 4.69) is 36.4 Å². The predicted molar refractivity (Wildman–Crippen MR) is 88.8 cm³/mol. The minimum atomic E-state index is -0.883. The SMILES string of the molecule is O[C@@]1(c2ccccc2)Cc2ccccc2[C@@H]1c1ccccc1. The van der Waals surface area contributed by atoms with Crippen LogP contribution >= 0.6 is 0 Å². The first-order valence-corrected chi connectivity index (χ1v) is 7.70. The third kappa shape index (κ3) is 1.98. The lowest BCUT2D eigenvalue weighted by molar-refractivity contribution is 0.0314. The summed E-state index contributed by atoms with van der Waals surface area (Å²) in [5.41, 5.74) is 3.74. The Kier molecular flexibility index (Phi) is 3.09. The van der Waals surface area contributed by atoms with Gasteiger partial charge in [0.15, 0.2) is 0 Å². The molecule has 0 spiro atoms. The van der Waals surface area contributed by atoms with Crippen LogP contribution in [0.15, 0.2) is 84.9 Å². The average Bonchev–Trinajstić information content (AvgIpc) is 2.90. The number of rotatable bonds is 2. The first kappa shape index (κ1) is 13.3. The van der Waals surface area contributed by atoms with Gasteiger partial charge in [-0.25, -0.2) is 0 Å². The van der Waals surface area contributed by atoms with E-state index in [0.29, 0.717) is 6.42 Å². The molecule has 0 fully saturated rings. The molecule has 1 N–H and O–H groups in total. The second kappa shape index (κ2) is 5.11. The van der Waals surface area contributed by atoms with E-state index in [-0.39, 0.29) is 5.92 Å². The van der Waals surface area contributed by atoms with E-state index in [1.165, 1.54) is 16.7 Å². The highest BCUT2D eigenvalue weighted by Gasteiger charge is 2.46. The lowest BCUT2D eigenvalue weighted by Crippen LogP contribution is -2.31. The molecular weight excluding hydrogens is 268 g/mol. The second-order valence-corrected chi connectivity index (χ2v) is 6.01. The lowest BCUT2D eigenvalue weighted by Gasteiger charge is -2.31. The number of benzene rings is 3. The second-order valence-electron chi connectivity index (χ2n) is 6.01. The Morgan fingerprint density at radius 3 is 2.05 bits per heavy atom. The Morgan fingerprint density at radius 2 is 1.32 bits per heavy atom. The van der Waals surface area contributed by atoms with Gasteiger partial charge < -0.3 is 5.11 Å². The van der Waals surface area contributed by atoms with Crippen molar-refractivity contribution in [3.63, 3.8) is 0 Å². The fraction of sp³-hybridized carbons (Fsp3) is 0.143. The van der Waals surface area contributed by atoms with Crippen LogP contribution in [0.2, 0.25) is 0 Å². The van der Waals surface area contributed by atoms with Gasteiger partial charge in [-0.2, -0.15) is 0 Å². The Hall–Kier alpha value is -2.38. The van der Waals surface area contributed by atoms with Gasteiger partial charge in [-0.1, -0.05) is 84.9 Å². The molecule has 0 heterocycles. The van der Waals surface area contributed by atoms with Crippen molar-refractivity contribution in [2.45, 2.75) is 17.9 Å². The van der Waals surface area contributed by atoms with Crippen molar-refractivity contribution < 1.29 is 5.11 Å². The highest BCUT2D eigenvalue weighted by Crippen LogP contribution is 2.50. The maximum atomic E-state index is 11.6. The van der Waals surface area contributed by atoms with E-state index in [1.807, 2.05) is 48.5 Å². The topological polar surface area (TPSA) is 20.2 Å². The van der Waals surface area contributed by atoms with Gasteiger partial charge in [0.1, 0.15) is 5.60 Å². The first-order chi connectivity index (χ1) is 10.8. The van der Waals surface area contributed by atoms with Crippen LogP contribution in [0.1, 0.15) is 28.2 Å². The van der Waals surface area contributed by atoms with Crippen LogP contribution < -0.4 is 0 Å². The van der Waals surface area contributed by atoms with E-state index >= 15 is 0 Å². The molecule has 3 aromatic carbocycles. The first-order valence-electron chi connectivity index (χ1n) is 7.70. The fourth-order valence-electron chi connectivity index (χ4n) is 3.72.